The topological polar surface area (TPSA) is 87.5 Å². The molecule has 0 spiro atoms. The zero-order valence-corrected chi connectivity index (χ0v) is 15.3. The number of aryl methyl sites for hydroxylation is 1. The van der Waals surface area contributed by atoms with E-state index >= 15 is 0 Å². The molecule has 0 aliphatic carbocycles. The van der Waals surface area contributed by atoms with Crippen molar-refractivity contribution in [2.45, 2.75) is 45.4 Å². The van der Waals surface area contributed by atoms with Gasteiger partial charge in [-0.1, -0.05) is 11.6 Å². The normalized spacial score (nSPS) is 19.7. The fraction of sp³-hybridized carbons (Fsp3) is 0.444. The highest BCUT2D eigenvalue weighted by atomic mass is 35.5. The predicted molar refractivity (Wildman–Crippen MR) is 95.3 cm³/mol. The first-order chi connectivity index (χ1) is 12.3. The number of esters is 1. The van der Waals surface area contributed by atoms with E-state index in [4.69, 9.17) is 21.1 Å². The lowest BCUT2D eigenvalue weighted by molar-refractivity contribution is -0.150. The standard InChI is InChI=1S/C18H19ClN2O5/c1-10-5-15-13(7-14(10)19)18(24)21(9-20-15)8-12(23)6-17-16(3-4-25-17)26-11(2)22/h5,7,9,16-17H,3-4,6,8H2,1-2H3. The van der Waals surface area contributed by atoms with Crippen LogP contribution in [0.2, 0.25) is 5.02 Å². The van der Waals surface area contributed by atoms with Crippen molar-refractivity contribution in [2.24, 2.45) is 0 Å². The molecule has 2 aromatic rings. The van der Waals surface area contributed by atoms with Gasteiger partial charge in [0.2, 0.25) is 0 Å². The first kappa shape index (κ1) is 18.5. The number of aromatic nitrogens is 2. The SMILES string of the molecule is CC(=O)OC1CCOC1CC(=O)Cn1cnc2cc(C)c(Cl)cc2c1=O. The van der Waals surface area contributed by atoms with E-state index in [0.717, 1.165) is 5.56 Å². The van der Waals surface area contributed by atoms with Crippen LogP contribution >= 0.6 is 11.6 Å². The summed E-state index contributed by atoms with van der Waals surface area (Å²) in [6, 6.07) is 3.31. The third-order valence-electron chi connectivity index (χ3n) is 4.35. The van der Waals surface area contributed by atoms with Crippen molar-refractivity contribution in [1.82, 2.24) is 9.55 Å². The van der Waals surface area contributed by atoms with Gasteiger partial charge in [0.15, 0.2) is 5.78 Å². The molecule has 3 rings (SSSR count). The molecule has 2 heterocycles. The largest absolute Gasteiger partial charge is 0.460 e. The van der Waals surface area contributed by atoms with Gasteiger partial charge in [-0.3, -0.25) is 19.0 Å². The second kappa shape index (κ2) is 7.55. The monoisotopic (exact) mass is 378 g/mol. The molecule has 0 saturated carbocycles. The maximum atomic E-state index is 12.6. The van der Waals surface area contributed by atoms with Crippen LogP contribution in [0, 0.1) is 6.92 Å². The molecule has 26 heavy (non-hydrogen) atoms. The zero-order valence-electron chi connectivity index (χ0n) is 14.5. The summed E-state index contributed by atoms with van der Waals surface area (Å²) in [5.74, 6) is -0.601. The molecule has 1 aromatic carbocycles. The number of rotatable bonds is 5. The zero-order chi connectivity index (χ0) is 18.8. The van der Waals surface area contributed by atoms with Crippen LogP contribution in [0.1, 0.15) is 25.3 Å². The molecule has 1 saturated heterocycles. The minimum atomic E-state index is -0.479. The van der Waals surface area contributed by atoms with E-state index in [0.29, 0.717) is 29.0 Å². The van der Waals surface area contributed by atoms with Crippen LogP contribution in [-0.4, -0.2) is 40.1 Å². The smallest absolute Gasteiger partial charge is 0.302 e. The van der Waals surface area contributed by atoms with Crippen LogP contribution in [0.5, 0.6) is 0 Å². The van der Waals surface area contributed by atoms with Crippen LogP contribution in [-0.2, 0) is 25.6 Å². The Bertz CT molecular complexity index is 924. The number of nitrogens with zero attached hydrogens (tertiary/aromatic N) is 2. The Morgan fingerprint density at radius 2 is 2.19 bits per heavy atom. The molecule has 2 atom stereocenters. The van der Waals surface area contributed by atoms with Crippen molar-refractivity contribution < 1.29 is 19.1 Å². The maximum absolute atomic E-state index is 12.6. The first-order valence-corrected chi connectivity index (χ1v) is 8.68. The fourth-order valence-corrected chi connectivity index (χ4v) is 3.21. The van der Waals surface area contributed by atoms with Gasteiger partial charge < -0.3 is 9.47 Å². The minimum absolute atomic E-state index is 0.0665. The summed E-state index contributed by atoms with van der Waals surface area (Å²) in [5.41, 5.74) is 1.04. The first-order valence-electron chi connectivity index (χ1n) is 8.31. The van der Waals surface area contributed by atoms with Gasteiger partial charge >= 0.3 is 5.97 Å². The lowest BCUT2D eigenvalue weighted by atomic mass is 10.1. The van der Waals surface area contributed by atoms with Crippen LogP contribution in [0.4, 0.5) is 0 Å². The van der Waals surface area contributed by atoms with Gasteiger partial charge in [0.1, 0.15) is 12.2 Å². The summed E-state index contributed by atoms with van der Waals surface area (Å²) in [5, 5.41) is 0.842. The number of halogens is 1. The number of ether oxygens (including phenoxy) is 2. The summed E-state index contributed by atoms with van der Waals surface area (Å²) in [6.07, 6.45) is 1.08. The third kappa shape index (κ3) is 3.94. The molecule has 8 heteroatoms. The second-order valence-corrected chi connectivity index (χ2v) is 6.79. The highest BCUT2D eigenvalue weighted by Crippen LogP contribution is 2.21. The van der Waals surface area contributed by atoms with E-state index in [1.165, 1.54) is 17.8 Å². The molecule has 1 aromatic heterocycles. The molecule has 1 aliphatic heterocycles. The Hall–Kier alpha value is -2.25. The van der Waals surface area contributed by atoms with E-state index in [9.17, 15) is 14.4 Å². The summed E-state index contributed by atoms with van der Waals surface area (Å²) in [7, 11) is 0. The Morgan fingerprint density at radius 1 is 1.42 bits per heavy atom. The molecule has 1 fully saturated rings. The molecule has 0 N–H and O–H groups in total. The van der Waals surface area contributed by atoms with Crippen molar-refractivity contribution in [3.8, 4) is 0 Å². The number of fused-ring (bicyclic) bond motifs is 1. The van der Waals surface area contributed by atoms with Crippen LogP contribution in [0.25, 0.3) is 10.9 Å². The third-order valence-corrected chi connectivity index (χ3v) is 4.75. The molecule has 7 nitrogen and oxygen atoms in total. The minimum Gasteiger partial charge on any atom is -0.460 e. The van der Waals surface area contributed by atoms with Crippen molar-refractivity contribution >= 4 is 34.3 Å². The van der Waals surface area contributed by atoms with Crippen LogP contribution in [0.3, 0.4) is 0 Å². The summed E-state index contributed by atoms with van der Waals surface area (Å²) < 4.78 is 11.9. The van der Waals surface area contributed by atoms with Gasteiger partial charge in [0.05, 0.1) is 30.4 Å². The Kier molecular flexibility index (Phi) is 5.38. The van der Waals surface area contributed by atoms with Gasteiger partial charge in [-0.25, -0.2) is 4.98 Å². The summed E-state index contributed by atoms with van der Waals surface area (Å²) in [4.78, 5) is 40.3. The van der Waals surface area contributed by atoms with Crippen molar-refractivity contribution in [3.05, 3.63) is 39.4 Å². The number of carbonyl (C=O) groups excluding carboxylic acids is 2. The quantitative estimate of drug-likeness (QED) is 0.740. The number of ketones is 1. The molecule has 1 aliphatic rings. The maximum Gasteiger partial charge on any atom is 0.302 e. The van der Waals surface area contributed by atoms with E-state index in [1.54, 1.807) is 12.1 Å². The van der Waals surface area contributed by atoms with Crippen molar-refractivity contribution in [1.29, 1.82) is 0 Å². The summed E-state index contributed by atoms with van der Waals surface area (Å²) >= 11 is 6.09. The van der Waals surface area contributed by atoms with Gasteiger partial charge in [-0.15, -0.1) is 0 Å². The summed E-state index contributed by atoms with van der Waals surface area (Å²) in [6.45, 7) is 3.47. The van der Waals surface area contributed by atoms with Crippen molar-refractivity contribution in [2.75, 3.05) is 6.61 Å². The Balaban J connectivity index is 1.75. The van der Waals surface area contributed by atoms with E-state index in [2.05, 4.69) is 4.98 Å². The highest BCUT2D eigenvalue weighted by Gasteiger charge is 2.32. The van der Waals surface area contributed by atoms with Crippen LogP contribution in [0.15, 0.2) is 23.3 Å². The molecular weight excluding hydrogens is 360 g/mol. The lowest BCUT2D eigenvalue weighted by Gasteiger charge is -2.17. The lowest BCUT2D eigenvalue weighted by Crippen LogP contribution is -2.31. The molecule has 0 bridgehead atoms. The average Bonchev–Trinajstić information content (AvgIpc) is 2.98. The number of hydrogen-bond acceptors (Lipinski definition) is 6. The molecular formula is C18H19ClN2O5. The Morgan fingerprint density at radius 3 is 2.92 bits per heavy atom. The number of Topliss-reactive ketones (excluding diaryl/α,β-unsaturated/α-hetero) is 1. The number of hydrogen-bond donors (Lipinski definition) is 0. The van der Waals surface area contributed by atoms with Gasteiger partial charge in [-0.05, 0) is 24.6 Å². The van der Waals surface area contributed by atoms with E-state index in [-0.39, 0.29) is 24.3 Å². The number of benzene rings is 1. The number of carbonyl (C=O) groups is 2. The Labute approximate surface area is 154 Å². The predicted octanol–water partition coefficient (Wildman–Crippen LogP) is 2.04. The van der Waals surface area contributed by atoms with Gasteiger partial charge in [-0.2, -0.15) is 0 Å². The molecule has 138 valence electrons. The van der Waals surface area contributed by atoms with Gasteiger partial charge in [0, 0.05) is 24.8 Å². The van der Waals surface area contributed by atoms with Gasteiger partial charge in [0.25, 0.3) is 5.56 Å². The molecule has 2 unspecified atom stereocenters. The highest BCUT2D eigenvalue weighted by molar-refractivity contribution is 6.32. The average molecular weight is 379 g/mol. The van der Waals surface area contributed by atoms with E-state index in [1.807, 2.05) is 6.92 Å². The molecule has 0 radical (unpaired) electrons. The van der Waals surface area contributed by atoms with Crippen molar-refractivity contribution in [3.63, 3.8) is 0 Å². The molecule has 0 amide bonds. The fourth-order valence-electron chi connectivity index (χ4n) is 3.04. The van der Waals surface area contributed by atoms with Crippen LogP contribution < -0.4 is 5.56 Å². The second-order valence-electron chi connectivity index (χ2n) is 6.38. The van der Waals surface area contributed by atoms with E-state index < -0.39 is 18.2 Å².